The zero-order valence-corrected chi connectivity index (χ0v) is 13.4. The van der Waals surface area contributed by atoms with E-state index < -0.39 is 5.97 Å². The number of halogens is 1. The Morgan fingerprint density at radius 3 is 2.74 bits per heavy atom. The Morgan fingerprint density at radius 2 is 2.09 bits per heavy atom. The first-order chi connectivity index (χ1) is 11.0. The average molecular weight is 332 g/mol. The highest BCUT2D eigenvalue weighted by Crippen LogP contribution is 2.21. The molecule has 0 saturated heterocycles. The molecule has 2 aromatic heterocycles. The fourth-order valence-electron chi connectivity index (χ4n) is 2.05. The molecular weight excluding hydrogens is 318 g/mol. The number of benzene rings is 1. The quantitative estimate of drug-likeness (QED) is 0.685. The highest BCUT2D eigenvalue weighted by Gasteiger charge is 2.15. The molecular formula is C16H14ClN3O3. The van der Waals surface area contributed by atoms with Gasteiger partial charge in [0, 0.05) is 29.4 Å². The molecule has 0 amide bonds. The SMILES string of the molecule is Cc1c(C(=O)OCc2cc(-c3ccc(Cl)cc3)no2)cnn1C. The van der Waals surface area contributed by atoms with E-state index in [9.17, 15) is 4.79 Å². The molecule has 0 bridgehead atoms. The second-order valence-electron chi connectivity index (χ2n) is 5.03. The van der Waals surface area contributed by atoms with Crippen molar-refractivity contribution in [2.24, 2.45) is 7.05 Å². The van der Waals surface area contributed by atoms with Crippen LogP contribution in [0.5, 0.6) is 0 Å². The molecule has 6 nitrogen and oxygen atoms in total. The molecule has 0 fully saturated rings. The lowest BCUT2D eigenvalue weighted by Gasteiger charge is -2.01. The number of rotatable bonds is 4. The third-order valence-electron chi connectivity index (χ3n) is 3.50. The Labute approximate surface area is 137 Å². The number of aromatic nitrogens is 3. The summed E-state index contributed by atoms with van der Waals surface area (Å²) in [5.74, 6) is 0.0184. The van der Waals surface area contributed by atoms with Gasteiger partial charge in [-0.3, -0.25) is 4.68 Å². The fourth-order valence-corrected chi connectivity index (χ4v) is 2.18. The standard InChI is InChI=1S/C16H14ClN3O3/c1-10-14(8-18-20(10)2)16(21)22-9-13-7-15(19-23-13)11-3-5-12(17)6-4-11/h3-8H,9H2,1-2H3. The second kappa shape index (κ2) is 6.26. The van der Waals surface area contributed by atoms with Crippen LogP contribution in [-0.2, 0) is 18.4 Å². The molecule has 1 aromatic carbocycles. The van der Waals surface area contributed by atoms with Crippen molar-refractivity contribution < 1.29 is 14.1 Å². The molecule has 23 heavy (non-hydrogen) atoms. The van der Waals surface area contributed by atoms with Gasteiger partial charge >= 0.3 is 5.97 Å². The molecule has 0 spiro atoms. The van der Waals surface area contributed by atoms with Crippen molar-refractivity contribution in [2.45, 2.75) is 13.5 Å². The zero-order valence-electron chi connectivity index (χ0n) is 12.6. The van der Waals surface area contributed by atoms with Crippen molar-refractivity contribution in [3.05, 3.63) is 58.6 Å². The minimum Gasteiger partial charge on any atom is -0.454 e. The molecule has 0 N–H and O–H groups in total. The molecule has 0 aliphatic rings. The van der Waals surface area contributed by atoms with E-state index >= 15 is 0 Å². The van der Waals surface area contributed by atoms with Gasteiger partial charge in [0.2, 0.25) is 0 Å². The lowest BCUT2D eigenvalue weighted by molar-refractivity contribution is 0.0436. The fraction of sp³-hybridized carbons (Fsp3) is 0.188. The molecule has 0 aliphatic carbocycles. The molecule has 3 rings (SSSR count). The number of esters is 1. The predicted octanol–water partition coefficient (Wildman–Crippen LogP) is 3.39. The van der Waals surface area contributed by atoms with Gasteiger partial charge in [-0.05, 0) is 19.1 Å². The van der Waals surface area contributed by atoms with Crippen molar-refractivity contribution in [2.75, 3.05) is 0 Å². The van der Waals surface area contributed by atoms with Gasteiger partial charge in [0.15, 0.2) is 12.4 Å². The molecule has 118 valence electrons. The van der Waals surface area contributed by atoms with E-state index in [1.165, 1.54) is 6.20 Å². The van der Waals surface area contributed by atoms with Crippen LogP contribution in [0.25, 0.3) is 11.3 Å². The first-order valence-electron chi connectivity index (χ1n) is 6.92. The van der Waals surface area contributed by atoms with Crippen molar-refractivity contribution in [1.29, 1.82) is 0 Å². The number of hydrogen-bond acceptors (Lipinski definition) is 5. The van der Waals surface area contributed by atoms with Crippen LogP contribution in [0.15, 0.2) is 41.1 Å². The van der Waals surface area contributed by atoms with Gasteiger partial charge in [0.25, 0.3) is 0 Å². The van der Waals surface area contributed by atoms with E-state index in [0.717, 1.165) is 11.3 Å². The van der Waals surface area contributed by atoms with Crippen LogP contribution in [0.1, 0.15) is 21.8 Å². The second-order valence-corrected chi connectivity index (χ2v) is 5.47. The molecule has 0 aliphatic heterocycles. The maximum Gasteiger partial charge on any atom is 0.342 e. The summed E-state index contributed by atoms with van der Waals surface area (Å²) in [7, 11) is 1.76. The summed E-state index contributed by atoms with van der Waals surface area (Å²) in [5.41, 5.74) is 2.71. The molecule has 7 heteroatoms. The number of hydrogen-bond donors (Lipinski definition) is 0. The Morgan fingerprint density at radius 1 is 1.35 bits per heavy atom. The Hall–Kier alpha value is -2.60. The van der Waals surface area contributed by atoms with Crippen LogP contribution in [0.2, 0.25) is 5.02 Å². The van der Waals surface area contributed by atoms with Crippen molar-refractivity contribution in [3.63, 3.8) is 0 Å². The Bertz CT molecular complexity index is 837. The largest absolute Gasteiger partial charge is 0.454 e. The Balaban J connectivity index is 1.66. The van der Waals surface area contributed by atoms with E-state index in [1.54, 1.807) is 36.9 Å². The first kappa shape index (κ1) is 15.3. The van der Waals surface area contributed by atoms with Crippen molar-refractivity contribution >= 4 is 17.6 Å². The maximum absolute atomic E-state index is 12.0. The molecule has 0 unspecified atom stereocenters. The smallest absolute Gasteiger partial charge is 0.342 e. The third-order valence-corrected chi connectivity index (χ3v) is 3.75. The van der Waals surface area contributed by atoms with Crippen LogP contribution in [0.3, 0.4) is 0 Å². The molecule has 0 radical (unpaired) electrons. The summed E-state index contributed by atoms with van der Waals surface area (Å²) >= 11 is 5.85. The number of ether oxygens (including phenoxy) is 1. The van der Waals surface area contributed by atoms with Gasteiger partial charge < -0.3 is 9.26 Å². The van der Waals surface area contributed by atoms with Crippen LogP contribution in [-0.4, -0.2) is 20.9 Å². The van der Waals surface area contributed by atoms with E-state index in [4.69, 9.17) is 20.9 Å². The zero-order chi connectivity index (χ0) is 16.4. The maximum atomic E-state index is 12.0. The molecule has 0 atom stereocenters. The lowest BCUT2D eigenvalue weighted by atomic mass is 10.1. The molecule has 3 aromatic rings. The van der Waals surface area contributed by atoms with Gasteiger partial charge in [-0.1, -0.05) is 28.9 Å². The summed E-state index contributed by atoms with van der Waals surface area (Å²) in [5, 5.41) is 8.63. The summed E-state index contributed by atoms with van der Waals surface area (Å²) in [6.07, 6.45) is 1.48. The molecule has 2 heterocycles. The minimum atomic E-state index is -0.444. The van der Waals surface area contributed by atoms with Crippen LogP contribution < -0.4 is 0 Å². The van der Waals surface area contributed by atoms with Crippen LogP contribution in [0, 0.1) is 6.92 Å². The third kappa shape index (κ3) is 3.27. The van der Waals surface area contributed by atoms with Gasteiger partial charge in [0.1, 0.15) is 11.3 Å². The highest BCUT2D eigenvalue weighted by molar-refractivity contribution is 6.30. The van der Waals surface area contributed by atoms with Gasteiger partial charge in [-0.2, -0.15) is 5.10 Å². The van der Waals surface area contributed by atoms with Gasteiger partial charge in [-0.15, -0.1) is 0 Å². The average Bonchev–Trinajstić information content (AvgIpc) is 3.14. The first-order valence-corrected chi connectivity index (χ1v) is 7.29. The number of carbonyl (C=O) groups is 1. The topological polar surface area (TPSA) is 70.2 Å². The van der Waals surface area contributed by atoms with Crippen LogP contribution >= 0.6 is 11.6 Å². The minimum absolute atomic E-state index is 0.00770. The van der Waals surface area contributed by atoms with Crippen molar-refractivity contribution in [1.82, 2.24) is 14.9 Å². The summed E-state index contributed by atoms with van der Waals surface area (Å²) < 4.78 is 12.0. The van der Waals surface area contributed by atoms with Crippen LogP contribution in [0.4, 0.5) is 0 Å². The summed E-state index contributed by atoms with van der Waals surface area (Å²) in [6, 6.07) is 8.96. The summed E-state index contributed by atoms with van der Waals surface area (Å²) in [6.45, 7) is 1.81. The number of nitrogens with zero attached hydrogens (tertiary/aromatic N) is 3. The van der Waals surface area contributed by atoms with Crippen molar-refractivity contribution in [3.8, 4) is 11.3 Å². The monoisotopic (exact) mass is 331 g/mol. The summed E-state index contributed by atoms with van der Waals surface area (Å²) in [4.78, 5) is 12.0. The van der Waals surface area contributed by atoms with E-state index in [2.05, 4.69) is 10.3 Å². The number of aryl methyl sites for hydroxylation is 1. The van der Waals surface area contributed by atoms with Gasteiger partial charge in [-0.25, -0.2) is 4.79 Å². The lowest BCUT2D eigenvalue weighted by Crippen LogP contribution is -2.06. The van der Waals surface area contributed by atoms with Gasteiger partial charge in [0.05, 0.1) is 6.20 Å². The van der Waals surface area contributed by atoms with E-state index in [1.807, 2.05) is 12.1 Å². The van der Waals surface area contributed by atoms with E-state index in [0.29, 0.717) is 22.0 Å². The van der Waals surface area contributed by atoms with E-state index in [-0.39, 0.29) is 6.61 Å². The Kier molecular flexibility index (Phi) is 4.16. The highest BCUT2D eigenvalue weighted by atomic mass is 35.5. The number of carbonyl (C=O) groups excluding carboxylic acids is 1. The molecule has 0 saturated carbocycles. The predicted molar refractivity (Wildman–Crippen MR) is 84.0 cm³/mol. The normalized spacial score (nSPS) is 10.7.